The highest BCUT2D eigenvalue weighted by Gasteiger charge is 2.38. The Kier molecular flexibility index (Phi) is 5.66. The largest absolute Gasteiger partial charge is 0.419 e. The highest BCUT2D eigenvalue weighted by atomic mass is 35.5. The number of piperazine rings is 1. The summed E-state index contributed by atoms with van der Waals surface area (Å²) in [6, 6.07) is 1.30. The van der Waals surface area contributed by atoms with Gasteiger partial charge in [0, 0.05) is 25.3 Å². The number of alkyl halides is 3. The predicted molar refractivity (Wildman–Crippen MR) is 109 cm³/mol. The monoisotopic (exact) mass is 456 g/mol. The van der Waals surface area contributed by atoms with Crippen LogP contribution in [0.1, 0.15) is 67.1 Å². The fourth-order valence-corrected chi connectivity index (χ4v) is 4.33. The molecule has 2 aromatic rings. The molecule has 0 N–H and O–H groups in total. The molecule has 3 heterocycles. The molecule has 1 aliphatic carbocycles. The molecule has 2 fully saturated rings. The standard InChI is InChI=1S/C21H24ClF3N4O2/c1-3-12(2)13-9-15(21(23,24)25)19-26-17(18(22)29(19)10-13)20(31)27-7-8-28(16(30)11-27)14-5-4-6-14/h9-10,12,14H,3-8,11H2,1-2H3. The molecule has 1 saturated heterocycles. The van der Waals surface area contributed by atoms with Gasteiger partial charge >= 0.3 is 6.18 Å². The van der Waals surface area contributed by atoms with Crippen LogP contribution in [0.15, 0.2) is 12.3 Å². The number of pyridine rings is 1. The minimum atomic E-state index is -4.65. The maximum absolute atomic E-state index is 13.7. The highest BCUT2D eigenvalue weighted by Crippen LogP contribution is 2.37. The van der Waals surface area contributed by atoms with E-state index in [9.17, 15) is 22.8 Å². The molecule has 2 aromatic heterocycles. The van der Waals surface area contributed by atoms with Gasteiger partial charge in [-0.1, -0.05) is 25.4 Å². The van der Waals surface area contributed by atoms with Gasteiger partial charge in [-0.15, -0.1) is 0 Å². The van der Waals surface area contributed by atoms with Crippen LogP contribution in [-0.2, 0) is 11.0 Å². The third-order valence-corrected chi connectivity index (χ3v) is 6.79. The predicted octanol–water partition coefficient (Wildman–Crippen LogP) is 4.36. The lowest BCUT2D eigenvalue weighted by molar-refractivity contribution is -0.139. The summed E-state index contributed by atoms with van der Waals surface area (Å²) in [5, 5.41) is -0.176. The molecule has 10 heteroatoms. The van der Waals surface area contributed by atoms with Crippen LogP contribution in [0.5, 0.6) is 0 Å². The first-order chi connectivity index (χ1) is 14.6. The van der Waals surface area contributed by atoms with Gasteiger partial charge in [-0.05, 0) is 43.2 Å². The molecule has 1 aliphatic heterocycles. The fraction of sp³-hybridized carbons (Fsp3) is 0.571. The van der Waals surface area contributed by atoms with Crippen LogP contribution in [0, 0.1) is 0 Å². The summed E-state index contributed by atoms with van der Waals surface area (Å²) in [6.45, 7) is 4.30. The number of carbonyl (C=O) groups is 2. The molecule has 6 nitrogen and oxygen atoms in total. The van der Waals surface area contributed by atoms with Crippen molar-refractivity contribution in [2.45, 2.75) is 57.7 Å². The summed E-state index contributed by atoms with van der Waals surface area (Å²) in [4.78, 5) is 32.6. The fourth-order valence-electron chi connectivity index (χ4n) is 4.08. The molecule has 1 unspecified atom stereocenters. The Morgan fingerprint density at radius 3 is 2.58 bits per heavy atom. The molecule has 31 heavy (non-hydrogen) atoms. The van der Waals surface area contributed by atoms with Crippen molar-refractivity contribution in [1.29, 1.82) is 0 Å². The maximum Gasteiger partial charge on any atom is 0.419 e. The summed E-state index contributed by atoms with van der Waals surface area (Å²) in [7, 11) is 0. The van der Waals surface area contributed by atoms with Crippen LogP contribution in [0.3, 0.4) is 0 Å². The van der Waals surface area contributed by atoms with E-state index in [-0.39, 0.29) is 35.3 Å². The average molecular weight is 457 g/mol. The second kappa shape index (κ2) is 8.00. The quantitative estimate of drug-likeness (QED) is 0.687. The first-order valence-electron chi connectivity index (χ1n) is 10.5. The Labute approximate surface area is 183 Å². The molecule has 2 amide bonds. The Bertz CT molecular complexity index is 1030. The molecule has 0 bridgehead atoms. The van der Waals surface area contributed by atoms with Crippen LogP contribution in [-0.4, -0.2) is 56.7 Å². The molecule has 0 aromatic carbocycles. The Morgan fingerprint density at radius 1 is 1.32 bits per heavy atom. The lowest BCUT2D eigenvalue weighted by atomic mass is 9.91. The molecule has 2 aliphatic rings. The first-order valence-corrected chi connectivity index (χ1v) is 10.9. The van der Waals surface area contributed by atoms with Crippen molar-refractivity contribution in [3.8, 4) is 0 Å². The summed E-state index contributed by atoms with van der Waals surface area (Å²) in [5.41, 5.74) is -1.15. The topological polar surface area (TPSA) is 57.9 Å². The van der Waals surface area contributed by atoms with Crippen LogP contribution in [0.2, 0.25) is 5.15 Å². The number of amides is 2. The summed E-state index contributed by atoms with van der Waals surface area (Å²) >= 11 is 6.35. The van der Waals surface area contributed by atoms with Crippen molar-refractivity contribution < 1.29 is 22.8 Å². The van der Waals surface area contributed by atoms with Crippen molar-refractivity contribution in [2.24, 2.45) is 0 Å². The number of carbonyl (C=O) groups excluding carboxylic acids is 2. The SMILES string of the molecule is CCC(C)c1cc(C(F)(F)F)c2nc(C(=O)N3CCN(C4CCC4)C(=O)C3)c(Cl)n2c1. The highest BCUT2D eigenvalue weighted by molar-refractivity contribution is 6.33. The molecular formula is C21H24ClF3N4O2. The Morgan fingerprint density at radius 2 is 2.03 bits per heavy atom. The van der Waals surface area contributed by atoms with Crippen LogP contribution in [0.4, 0.5) is 13.2 Å². The zero-order valence-electron chi connectivity index (χ0n) is 17.4. The van der Waals surface area contributed by atoms with Gasteiger partial charge in [0.25, 0.3) is 5.91 Å². The zero-order chi connectivity index (χ0) is 22.5. The summed E-state index contributed by atoms with van der Waals surface area (Å²) in [5.74, 6) is -0.909. The number of rotatable bonds is 4. The number of hydrogen-bond donors (Lipinski definition) is 0. The number of aromatic nitrogens is 2. The summed E-state index contributed by atoms with van der Waals surface area (Å²) < 4.78 is 42.3. The van der Waals surface area contributed by atoms with Crippen LogP contribution < -0.4 is 0 Å². The molecule has 1 saturated carbocycles. The minimum Gasteiger partial charge on any atom is -0.336 e. The van der Waals surface area contributed by atoms with Gasteiger partial charge in [0.15, 0.2) is 11.3 Å². The van der Waals surface area contributed by atoms with E-state index in [4.69, 9.17) is 11.6 Å². The summed E-state index contributed by atoms with van der Waals surface area (Å²) in [6.07, 6.45) is 0.532. The normalized spacial score (nSPS) is 19.1. The van der Waals surface area contributed by atoms with Crippen molar-refractivity contribution >= 4 is 29.1 Å². The smallest absolute Gasteiger partial charge is 0.336 e. The van der Waals surface area contributed by atoms with Crippen molar-refractivity contribution in [3.05, 3.63) is 34.2 Å². The van der Waals surface area contributed by atoms with Crippen molar-refractivity contribution in [2.75, 3.05) is 19.6 Å². The first kappa shape index (κ1) is 21.9. The maximum atomic E-state index is 13.7. The van der Waals surface area contributed by atoms with Gasteiger partial charge in [-0.3, -0.25) is 14.0 Å². The average Bonchev–Trinajstić information content (AvgIpc) is 3.02. The molecule has 0 radical (unpaired) electrons. The number of nitrogens with zero attached hydrogens (tertiary/aromatic N) is 4. The van der Waals surface area contributed by atoms with Gasteiger partial charge in [0.1, 0.15) is 11.7 Å². The van der Waals surface area contributed by atoms with Gasteiger partial charge in [0.05, 0.1) is 5.56 Å². The van der Waals surface area contributed by atoms with E-state index in [1.54, 1.807) is 4.90 Å². The van der Waals surface area contributed by atoms with Crippen LogP contribution >= 0.6 is 11.6 Å². The van der Waals surface area contributed by atoms with E-state index in [1.807, 2.05) is 13.8 Å². The van der Waals surface area contributed by atoms with Gasteiger partial charge in [-0.2, -0.15) is 13.2 Å². The second-order valence-electron chi connectivity index (χ2n) is 8.34. The van der Waals surface area contributed by atoms with E-state index in [0.717, 1.165) is 29.7 Å². The number of halogens is 4. The van der Waals surface area contributed by atoms with Crippen molar-refractivity contribution in [1.82, 2.24) is 19.2 Å². The van der Waals surface area contributed by atoms with E-state index < -0.39 is 23.3 Å². The molecule has 4 rings (SSSR count). The number of hydrogen-bond acceptors (Lipinski definition) is 3. The number of fused-ring (bicyclic) bond motifs is 1. The van der Waals surface area contributed by atoms with Gasteiger partial charge in [0.2, 0.25) is 5.91 Å². The lowest BCUT2D eigenvalue weighted by Crippen LogP contribution is -2.56. The molecule has 1 atom stereocenters. The van der Waals surface area contributed by atoms with E-state index in [0.29, 0.717) is 25.1 Å². The van der Waals surface area contributed by atoms with Gasteiger partial charge < -0.3 is 9.80 Å². The molecular weight excluding hydrogens is 433 g/mol. The Balaban J connectivity index is 1.68. The zero-order valence-corrected chi connectivity index (χ0v) is 18.1. The Hall–Kier alpha value is -2.29. The van der Waals surface area contributed by atoms with E-state index >= 15 is 0 Å². The van der Waals surface area contributed by atoms with Crippen LogP contribution in [0.25, 0.3) is 5.65 Å². The number of imidazole rings is 1. The minimum absolute atomic E-state index is 0.121. The molecule has 168 valence electrons. The third kappa shape index (κ3) is 3.88. The molecule has 0 spiro atoms. The second-order valence-corrected chi connectivity index (χ2v) is 8.70. The van der Waals surface area contributed by atoms with E-state index in [2.05, 4.69) is 4.98 Å². The van der Waals surface area contributed by atoms with Gasteiger partial charge in [-0.25, -0.2) is 4.98 Å². The van der Waals surface area contributed by atoms with Crippen molar-refractivity contribution in [3.63, 3.8) is 0 Å². The third-order valence-electron chi connectivity index (χ3n) is 6.43. The lowest BCUT2D eigenvalue weighted by Gasteiger charge is -2.42. The van der Waals surface area contributed by atoms with E-state index in [1.165, 1.54) is 11.1 Å².